The summed E-state index contributed by atoms with van der Waals surface area (Å²) in [5.41, 5.74) is 1.34. The molecule has 0 spiro atoms. The Morgan fingerprint density at radius 1 is 1.07 bits per heavy atom. The number of nitrogens with one attached hydrogen (secondary N) is 1. The van der Waals surface area contributed by atoms with E-state index in [0.717, 1.165) is 6.42 Å². The van der Waals surface area contributed by atoms with Gasteiger partial charge in [0.25, 0.3) is 10.0 Å². The third-order valence-corrected chi connectivity index (χ3v) is 6.21. The molecule has 1 saturated heterocycles. The zero-order valence-electron chi connectivity index (χ0n) is 14.2. The highest BCUT2D eigenvalue weighted by molar-refractivity contribution is 7.93. The molecular formula is C19H16ClN3O3S. The van der Waals surface area contributed by atoms with Gasteiger partial charge < -0.3 is 4.90 Å². The Kier molecular flexibility index (Phi) is 4.49. The van der Waals surface area contributed by atoms with E-state index < -0.39 is 10.0 Å². The van der Waals surface area contributed by atoms with Crippen molar-refractivity contribution in [3.05, 3.63) is 59.8 Å². The average molecular weight is 402 g/mol. The van der Waals surface area contributed by atoms with E-state index >= 15 is 0 Å². The Balaban J connectivity index is 1.78. The van der Waals surface area contributed by atoms with Crippen LogP contribution in [0.3, 0.4) is 0 Å². The van der Waals surface area contributed by atoms with E-state index in [2.05, 4.69) is 9.71 Å². The maximum absolute atomic E-state index is 13.1. The number of fused-ring (bicyclic) bond motifs is 1. The lowest BCUT2D eigenvalue weighted by Gasteiger charge is -2.20. The SMILES string of the molecule is O=C1CCCN1c1ccccc1NS(=O)(=O)c1ccc(Cl)c2ncccc12. The molecule has 1 aromatic heterocycles. The number of para-hydroxylation sites is 2. The van der Waals surface area contributed by atoms with Gasteiger partial charge in [0.15, 0.2) is 0 Å². The first-order chi connectivity index (χ1) is 13.0. The Morgan fingerprint density at radius 3 is 2.67 bits per heavy atom. The van der Waals surface area contributed by atoms with Gasteiger partial charge >= 0.3 is 0 Å². The number of aromatic nitrogens is 1. The van der Waals surface area contributed by atoms with E-state index in [-0.39, 0.29) is 10.8 Å². The number of benzene rings is 2. The van der Waals surface area contributed by atoms with E-state index in [1.807, 2.05) is 0 Å². The third-order valence-electron chi connectivity index (χ3n) is 4.48. The van der Waals surface area contributed by atoms with Crippen molar-refractivity contribution < 1.29 is 13.2 Å². The van der Waals surface area contributed by atoms with Gasteiger partial charge in [-0.1, -0.05) is 23.7 Å². The minimum Gasteiger partial charge on any atom is -0.310 e. The summed E-state index contributed by atoms with van der Waals surface area (Å²) in [6.07, 6.45) is 2.79. The van der Waals surface area contributed by atoms with E-state index in [1.165, 1.54) is 12.1 Å². The molecule has 3 aromatic rings. The highest BCUT2D eigenvalue weighted by Crippen LogP contribution is 2.33. The smallest absolute Gasteiger partial charge is 0.262 e. The summed E-state index contributed by atoms with van der Waals surface area (Å²) in [4.78, 5) is 18.0. The van der Waals surface area contributed by atoms with Crippen LogP contribution >= 0.6 is 11.6 Å². The Labute approximate surface area is 161 Å². The number of amides is 1. The van der Waals surface area contributed by atoms with Crippen molar-refractivity contribution >= 4 is 49.8 Å². The quantitative estimate of drug-likeness (QED) is 0.720. The number of hydrogen-bond donors (Lipinski definition) is 1. The van der Waals surface area contributed by atoms with Crippen LogP contribution in [-0.4, -0.2) is 25.9 Å². The molecule has 6 nitrogen and oxygen atoms in total. The lowest BCUT2D eigenvalue weighted by molar-refractivity contribution is -0.117. The van der Waals surface area contributed by atoms with Crippen LogP contribution in [0, 0.1) is 0 Å². The minimum absolute atomic E-state index is 0.0113. The molecule has 0 saturated carbocycles. The molecule has 8 heteroatoms. The van der Waals surface area contributed by atoms with Gasteiger partial charge in [-0.15, -0.1) is 0 Å². The first-order valence-corrected chi connectivity index (χ1v) is 10.3. The van der Waals surface area contributed by atoms with Crippen molar-refractivity contribution in [2.75, 3.05) is 16.2 Å². The molecule has 0 bridgehead atoms. The number of halogens is 1. The Bertz CT molecular complexity index is 1150. The first kappa shape index (κ1) is 17.8. The van der Waals surface area contributed by atoms with Crippen LogP contribution in [-0.2, 0) is 14.8 Å². The summed E-state index contributed by atoms with van der Waals surface area (Å²) in [6, 6.07) is 13.2. The van der Waals surface area contributed by atoms with Crippen LogP contribution in [0.5, 0.6) is 0 Å². The molecule has 1 amide bonds. The first-order valence-electron chi connectivity index (χ1n) is 8.43. The Hall–Kier alpha value is -2.64. The second-order valence-corrected chi connectivity index (χ2v) is 8.27. The van der Waals surface area contributed by atoms with Crippen LogP contribution < -0.4 is 9.62 Å². The number of hydrogen-bond acceptors (Lipinski definition) is 4. The Morgan fingerprint density at radius 2 is 1.89 bits per heavy atom. The second kappa shape index (κ2) is 6.83. The molecule has 138 valence electrons. The molecule has 0 atom stereocenters. The molecule has 2 aromatic carbocycles. The van der Waals surface area contributed by atoms with Crippen LogP contribution in [0.2, 0.25) is 5.02 Å². The normalized spacial score (nSPS) is 14.7. The van der Waals surface area contributed by atoms with Gasteiger partial charge in [-0.3, -0.25) is 14.5 Å². The third kappa shape index (κ3) is 3.24. The molecule has 2 heterocycles. The fourth-order valence-electron chi connectivity index (χ4n) is 3.24. The van der Waals surface area contributed by atoms with Crippen molar-refractivity contribution in [2.45, 2.75) is 17.7 Å². The van der Waals surface area contributed by atoms with Crippen LogP contribution in [0.25, 0.3) is 10.9 Å². The van der Waals surface area contributed by atoms with Crippen molar-refractivity contribution in [3.63, 3.8) is 0 Å². The van der Waals surface area contributed by atoms with Crippen LogP contribution in [0.4, 0.5) is 11.4 Å². The van der Waals surface area contributed by atoms with Gasteiger partial charge in [0.2, 0.25) is 5.91 Å². The molecule has 1 aliphatic heterocycles. The number of pyridine rings is 1. The topological polar surface area (TPSA) is 79.4 Å². The number of nitrogens with zero attached hydrogens (tertiary/aromatic N) is 2. The maximum atomic E-state index is 13.1. The molecule has 1 N–H and O–H groups in total. The largest absolute Gasteiger partial charge is 0.310 e. The van der Waals surface area contributed by atoms with Gasteiger partial charge in [-0.05, 0) is 42.8 Å². The van der Waals surface area contributed by atoms with Gasteiger partial charge in [-0.2, -0.15) is 0 Å². The number of rotatable bonds is 4. The highest BCUT2D eigenvalue weighted by atomic mass is 35.5. The van der Waals surface area contributed by atoms with E-state index in [4.69, 9.17) is 11.6 Å². The van der Waals surface area contributed by atoms with Gasteiger partial charge in [0.05, 0.1) is 26.8 Å². The van der Waals surface area contributed by atoms with E-state index in [9.17, 15) is 13.2 Å². The molecule has 0 unspecified atom stereocenters. The second-order valence-electron chi connectivity index (χ2n) is 6.22. The summed E-state index contributed by atoms with van der Waals surface area (Å²) in [5, 5.41) is 0.819. The van der Waals surface area contributed by atoms with Gasteiger partial charge in [0, 0.05) is 24.5 Å². The lowest BCUT2D eigenvalue weighted by atomic mass is 10.2. The predicted octanol–water partition coefficient (Wildman–Crippen LogP) is 3.82. The maximum Gasteiger partial charge on any atom is 0.262 e. The summed E-state index contributed by atoms with van der Waals surface area (Å²) in [6.45, 7) is 0.575. The highest BCUT2D eigenvalue weighted by Gasteiger charge is 2.26. The number of carbonyl (C=O) groups is 1. The van der Waals surface area contributed by atoms with Gasteiger partial charge in [0.1, 0.15) is 0 Å². The molecule has 27 heavy (non-hydrogen) atoms. The summed E-state index contributed by atoms with van der Waals surface area (Å²) in [7, 11) is -3.91. The van der Waals surface area contributed by atoms with Crippen LogP contribution in [0.15, 0.2) is 59.6 Å². The fourth-order valence-corrected chi connectivity index (χ4v) is 4.73. The molecule has 1 aliphatic rings. The van der Waals surface area contributed by atoms with Crippen molar-refractivity contribution in [1.29, 1.82) is 0 Å². The standard InChI is InChI=1S/C19H16ClN3O3S/c20-14-9-10-17(13-5-3-11-21-19(13)14)27(25,26)22-15-6-1-2-7-16(15)23-12-4-8-18(23)24/h1-3,5-7,9-11,22H,4,8,12H2. The molecular weight excluding hydrogens is 386 g/mol. The fraction of sp³-hybridized carbons (Fsp3) is 0.158. The van der Waals surface area contributed by atoms with Crippen molar-refractivity contribution in [2.24, 2.45) is 0 Å². The number of carbonyl (C=O) groups excluding carboxylic acids is 1. The van der Waals surface area contributed by atoms with Gasteiger partial charge in [-0.25, -0.2) is 8.42 Å². The average Bonchev–Trinajstić information content (AvgIpc) is 3.08. The minimum atomic E-state index is -3.91. The lowest BCUT2D eigenvalue weighted by Crippen LogP contribution is -2.25. The number of anilines is 2. The predicted molar refractivity (Wildman–Crippen MR) is 106 cm³/mol. The molecule has 0 aliphatic carbocycles. The zero-order chi connectivity index (χ0) is 19.0. The van der Waals surface area contributed by atoms with Crippen molar-refractivity contribution in [1.82, 2.24) is 4.98 Å². The molecule has 4 rings (SSSR count). The summed E-state index contributed by atoms with van der Waals surface area (Å²) in [5.74, 6) is -0.0113. The molecule has 1 fully saturated rings. The van der Waals surface area contributed by atoms with Crippen molar-refractivity contribution in [3.8, 4) is 0 Å². The number of sulfonamides is 1. The molecule has 0 radical (unpaired) electrons. The summed E-state index contributed by atoms with van der Waals surface area (Å²) < 4.78 is 28.8. The van der Waals surface area contributed by atoms with E-state index in [0.29, 0.717) is 40.3 Å². The summed E-state index contributed by atoms with van der Waals surface area (Å²) >= 11 is 6.14. The van der Waals surface area contributed by atoms with E-state index in [1.54, 1.807) is 47.5 Å². The monoisotopic (exact) mass is 401 g/mol. The van der Waals surface area contributed by atoms with Crippen LogP contribution in [0.1, 0.15) is 12.8 Å². The zero-order valence-corrected chi connectivity index (χ0v) is 15.8.